The number of methoxy groups -OCH3 is 1. The van der Waals surface area contributed by atoms with Gasteiger partial charge in [0, 0.05) is 10.0 Å². The van der Waals surface area contributed by atoms with Crippen molar-refractivity contribution >= 4 is 39.3 Å². The number of hydrogen-bond acceptors (Lipinski definition) is 8. The molecular weight excluding hydrogens is 560 g/mol. The maximum atomic E-state index is 13.9. The van der Waals surface area contributed by atoms with Gasteiger partial charge in [-0.25, -0.2) is 9.79 Å². The van der Waals surface area contributed by atoms with Crippen LogP contribution in [-0.4, -0.2) is 35.5 Å². The van der Waals surface area contributed by atoms with Gasteiger partial charge >= 0.3 is 5.97 Å². The van der Waals surface area contributed by atoms with Crippen LogP contribution < -0.4 is 24.4 Å². The van der Waals surface area contributed by atoms with Gasteiger partial charge in [-0.3, -0.25) is 9.36 Å². The van der Waals surface area contributed by atoms with Crippen molar-refractivity contribution in [3.05, 3.63) is 83.0 Å². The maximum Gasteiger partial charge on any atom is 0.338 e. The molecule has 1 aliphatic rings. The molecular formula is C27H27BrN2O6S. The standard InChI is InChI=1S/C27H27BrN2O6S/c1-6-35-26(33)23-15(4)29-27-30(24(23)17-9-7-8-10-20(17)36-14(2)3)25(32)22(37-27)12-16-11-21(34-5)19(31)13-18(16)28/h7-14,24,31H,6H2,1-5H3/b22-12+/t24-/m0/s1. The number of phenolic OH excluding ortho intramolecular Hbond substituents is 1. The number of halogens is 1. The number of hydrogen-bond donors (Lipinski definition) is 1. The SMILES string of the molecule is CCOC(=O)C1=C(C)N=c2s/c(=C/c3cc(OC)c(O)cc3Br)c(=O)n2[C@H]1c1ccccc1OC(C)C. The molecule has 0 spiro atoms. The Balaban J connectivity index is 1.99. The lowest BCUT2D eigenvalue weighted by atomic mass is 9.95. The zero-order valence-corrected chi connectivity index (χ0v) is 23.5. The number of aromatic nitrogens is 1. The third-order valence-corrected chi connectivity index (χ3v) is 7.35. The summed E-state index contributed by atoms with van der Waals surface area (Å²) in [6.45, 7) is 7.49. The van der Waals surface area contributed by atoms with Crippen LogP contribution in [0.1, 0.15) is 44.9 Å². The van der Waals surface area contributed by atoms with Crippen LogP contribution in [-0.2, 0) is 9.53 Å². The monoisotopic (exact) mass is 586 g/mol. The molecule has 2 aromatic carbocycles. The highest BCUT2D eigenvalue weighted by Gasteiger charge is 2.35. The van der Waals surface area contributed by atoms with E-state index in [0.29, 0.717) is 36.4 Å². The van der Waals surface area contributed by atoms with Crippen LogP contribution >= 0.6 is 27.3 Å². The Morgan fingerprint density at radius 2 is 2.00 bits per heavy atom. The minimum Gasteiger partial charge on any atom is -0.504 e. The number of phenols is 1. The largest absolute Gasteiger partial charge is 0.504 e. The van der Waals surface area contributed by atoms with Crippen LogP contribution in [0.25, 0.3) is 6.08 Å². The van der Waals surface area contributed by atoms with E-state index < -0.39 is 12.0 Å². The molecule has 1 atom stereocenters. The van der Waals surface area contributed by atoms with Gasteiger partial charge in [-0.2, -0.15) is 0 Å². The first-order valence-corrected chi connectivity index (χ1v) is 13.3. The lowest BCUT2D eigenvalue weighted by Crippen LogP contribution is -2.40. The highest BCUT2D eigenvalue weighted by Crippen LogP contribution is 2.36. The average Bonchev–Trinajstić information content (AvgIpc) is 3.14. The summed E-state index contributed by atoms with van der Waals surface area (Å²) in [6, 6.07) is 9.72. The predicted octanol–water partition coefficient (Wildman–Crippen LogP) is 4.06. The molecule has 1 aliphatic heterocycles. The second-order valence-electron chi connectivity index (χ2n) is 8.55. The first kappa shape index (κ1) is 26.7. The normalized spacial score (nSPS) is 15.4. The number of carbonyl (C=O) groups excluding carboxylic acids is 1. The van der Waals surface area contributed by atoms with E-state index in [2.05, 4.69) is 20.9 Å². The van der Waals surface area contributed by atoms with E-state index in [1.54, 1.807) is 26.0 Å². The van der Waals surface area contributed by atoms with Gasteiger partial charge in [0.05, 0.1) is 35.6 Å². The molecule has 0 aliphatic carbocycles. The van der Waals surface area contributed by atoms with Crippen molar-refractivity contribution < 1.29 is 24.1 Å². The summed E-state index contributed by atoms with van der Waals surface area (Å²) in [5, 5.41) is 10.1. The first-order valence-electron chi connectivity index (χ1n) is 11.7. The number of esters is 1. The zero-order valence-electron chi connectivity index (χ0n) is 21.1. The molecule has 0 saturated heterocycles. The van der Waals surface area contributed by atoms with E-state index in [1.807, 2.05) is 38.1 Å². The lowest BCUT2D eigenvalue weighted by molar-refractivity contribution is -0.139. The number of allylic oxidation sites excluding steroid dienone is 1. The fourth-order valence-electron chi connectivity index (χ4n) is 4.13. The van der Waals surface area contributed by atoms with Crippen molar-refractivity contribution in [3.63, 3.8) is 0 Å². The minimum atomic E-state index is -0.787. The molecule has 37 heavy (non-hydrogen) atoms. The molecule has 1 N–H and O–H groups in total. The molecule has 0 radical (unpaired) electrons. The lowest BCUT2D eigenvalue weighted by Gasteiger charge is -2.26. The molecule has 0 amide bonds. The van der Waals surface area contributed by atoms with Crippen molar-refractivity contribution in [2.75, 3.05) is 13.7 Å². The van der Waals surface area contributed by atoms with Gasteiger partial charge in [0.25, 0.3) is 5.56 Å². The molecule has 0 fully saturated rings. The van der Waals surface area contributed by atoms with E-state index in [-0.39, 0.29) is 35.3 Å². The van der Waals surface area contributed by atoms with Crippen LogP contribution in [0.2, 0.25) is 0 Å². The average molecular weight is 587 g/mol. The summed E-state index contributed by atoms with van der Waals surface area (Å²) in [4.78, 5) is 32.1. The van der Waals surface area contributed by atoms with Gasteiger partial charge in [-0.15, -0.1) is 0 Å². The first-order chi connectivity index (χ1) is 17.7. The second kappa shape index (κ2) is 10.9. The summed E-state index contributed by atoms with van der Waals surface area (Å²) in [5.41, 5.74) is 1.74. The third-order valence-electron chi connectivity index (χ3n) is 5.68. The quantitative estimate of drug-likeness (QED) is 0.419. The van der Waals surface area contributed by atoms with Crippen LogP contribution in [0.5, 0.6) is 17.2 Å². The van der Waals surface area contributed by atoms with Crippen LogP contribution in [0.4, 0.5) is 0 Å². The summed E-state index contributed by atoms with van der Waals surface area (Å²) in [6.07, 6.45) is 1.59. The third kappa shape index (κ3) is 5.21. The topological polar surface area (TPSA) is 99.4 Å². The summed E-state index contributed by atoms with van der Waals surface area (Å²) >= 11 is 4.65. The Labute approximate surface area is 226 Å². The molecule has 3 aromatic rings. The fraction of sp³-hybridized carbons (Fsp3) is 0.296. The molecule has 2 heterocycles. The Morgan fingerprint density at radius 3 is 2.68 bits per heavy atom. The van der Waals surface area contributed by atoms with E-state index in [1.165, 1.54) is 29.1 Å². The van der Waals surface area contributed by atoms with E-state index in [0.717, 1.165) is 0 Å². The van der Waals surface area contributed by atoms with Gasteiger partial charge in [-0.1, -0.05) is 45.5 Å². The summed E-state index contributed by atoms with van der Waals surface area (Å²) < 4.78 is 19.2. The number of rotatable bonds is 7. The van der Waals surface area contributed by atoms with Crippen LogP contribution in [0.3, 0.4) is 0 Å². The van der Waals surface area contributed by atoms with E-state index in [4.69, 9.17) is 14.2 Å². The van der Waals surface area contributed by atoms with Crippen molar-refractivity contribution in [1.82, 2.24) is 4.57 Å². The number of benzene rings is 2. The number of thiazole rings is 1. The Hall–Kier alpha value is -3.37. The number of para-hydroxylation sites is 1. The Bertz CT molecular complexity index is 1570. The summed E-state index contributed by atoms with van der Waals surface area (Å²) in [7, 11) is 1.46. The van der Waals surface area contributed by atoms with Crippen LogP contribution in [0, 0.1) is 0 Å². The number of aromatic hydroxyl groups is 1. The number of carbonyl (C=O) groups is 1. The highest BCUT2D eigenvalue weighted by molar-refractivity contribution is 9.10. The molecule has 0 bridgehead atoms. The van der Waals surface area contributed by atoms with Gasteiger partial charge in [-0.05, 0) is 57.5 Å². The molecule has 0 unspecified atom stereocenters. The maximum absolute atomic E-state index is 13.9. The number of nitrogens with zero attached hydrogens (tertiary/aromatic N) is 2. The number of ether oxygens (including phenoxy) is 3. The van der Waals surface area contributed by atoms with Gasteiger partial charge in [0.2, 0.25) is 0 Å². The zero-order chi connectivity index (χ0) is 26.9. The Morgan fingerprint density at radius 1 is 1.27 bits per heavy atom. The molecule has 8 nitrogen and oxygen atoms in total. The number of fused-ring (bicyclic) bond motifs is 1. The predicted molar refractivity (Wildman–Crippen MR) is 145 cm³/mol. The fourth-order valence-corrected chi connectivity index (χ4v) is 5.61. The Kier molecular flexibility index (Phi) is 7.89. The van der Waals surface area contributed by atoms with Crippen LogP contribution in [0.15, 0.2) is 61.9 Å². The summed E-state index contributed by atoms with van der Waals surface area (Å²) in [5.74, 6) is 0.290. The van der Waals surface area contributed by atoms with Crippen molar-refractivity contribution in [3.8, 4) is 17.2 Å². The van der Waals surface area contributed by atoms with Gasteiger partial charge in [0.1, 0.15) is 11.8 Å². The van der Waals surface area contributed by atoms with E-state index in [9.17, 15) is 14.7 Å². The van der Waals surface area contributed by atoms with Gasteiger partial charge in [0.15, 0.2) is 16.3 Å². The van der Waals surface area contributed by atoms with Gasteiger partial charge < -0.3 is 19.3 Å². The highest BCUT2D eigenvalue weighted by atomic mass is 79.9. The molecule has 10 heteroatoms. The second-order valence-corrected chi connectivity index (χ2v) is 10.4. The van der Waals surface area contributed by atoms with Crippen molar-refractivity contribution in [2.45, 2.75) is 39.8 Å². The van der Waals surface area contributed by atoms with Crippen molar-refractivity contribution in [1.29, 1.82) is 0 Å². The smallest absolute Gasteiger partial charge is 0.338 e. The molecule has 1 aromatic heterocycles. The molecule has 0 saturated carbocycles. The molecule has 4 rings (SSSR count). The van der Waals surface area contributed by atoms with E-state index >= 15 is 0 Å². The minimum absolute atomic E-state index is 0.0237. The molecule has 194 valence electrons. The van der Waals surface area contributed by atoms with Crippen molar-refractivity contribution in [2.24, 2.45) is 4.99 Å².